The first-order valence-corrected chi connectivity index (χ1v) is 7.92. The summed E-state index contributed by atoms with van der Waals surface area (Å²) >= 11 is 6.19. The van der Waals surface area contributed by atoms with Gasteiger partial charge in [0.25, 0.3) is 0 Å². The molecule has 0 radical (unpaired) electrons. The van der Waals surface area contributed by atoms with Crippen LogP contribution in [0.15, 0.2) is 24.3 Å². The Bertz CT molecular complexity index is 407. The quantitative estimate of drug-likeness (QED) is 0.839. The average Bonchev–Trinajstić information content (AvgIpc) is 2.96. The second-order valence-electron chi connectivity index (χ2n) is 5.44. The molecule has 1 saturated heterocycles. The van der Waals surface area contributed by atoms with Crippen molar-refractivity contribution < 1.29 is 4.74 Å². The Kier molecular flexibility index (Phi) is 6.30. The number of likely N-dealkylation sites (N-methyl/N-ethyl adjacent to an activating group) is 1. The van der Waals surface area contributed by atoms with Gasteiger partial charge in [-0.2, -0.15) is 0 Å². The van der Waals surface area contributed by atoms with E-state index in [9.17, 15) is 0 Å². The lowest BCUT2D eigenvalue weighted by molar-refractivity contribution is 0.0738. The highest BCUT2D eigenvalue weighted by atomic mass is 35.5. The van der Waals surface area contributed by atoms with Crippen molar-refractivity contribution in [2.24, 2.45) is 5.73 Å². The van der Waals surface area contributed by atoms with E-state index in [1.807, 2.05) is 24.3 Å². The highest BCUT2D eigenvalue weighted by Gasteiger charge is 2.19. The summed E-state index contributed by atoms with van der Waals surface area (Å²) in [5.41, 5.74) is 7.31. The van der Waals surface area contributed by atoms with Crippen molar-refractivity contribution in [3.05, 3.63) is 34.9 Å². The molecule has 2 rings (SSSR count). The van der Waals surface area contributed by atoms with E-state index in [0.717, 1.165) is 43.2 Å². The van der Waals surface area contributed by atoms with Gasteiger partial charge in [0, 0.05) is 30.8 Å². The summed E-state index contributed by atoms with van der Waals surface area (Å²) in [6, 6.07) is 7.85. The molecule has 1 aromatic rings. The van der Waals surface area contributed by atoms with Crippen LogP contribution in [0.2, 0.25) is 5.02 Å². The first-order chi connectivity index (χ1) is 9.70. The molecule has 0 aromatic heterocycles. The Morgan fingerprint density at radius 2 is 2.25 bits per heavy atom. The van der Waals surface area contributed by atoms with Crippen molar-refractivity contribution in [2.45, 2.75) is 38.3 Å². The summed E-state index contributed by atoms with van der Waals surface area (Å²) in [6.07, 6.45) is 3.71. The van der Waals surface area contributed by atoms with Crippen molar-refractivity contribution in [1.82, 2.24) is 4.90 Å². The van der Waals surface area contributed by atoms with Crippen LogP contribution >= 0.6 is 11.6 Å². The molecule has 0 aliphatic carbocycles. The Labute approximate surface area is 127 Å². The van der Waals surface area contributed by atoms with Crippen molar-refractivity contribution >= 4 is 11.6 Å². The van der Waals surface area contributed by atoms with Gasteiger partial charge in [0.15, 0.2) is 0 Å². The second kappa shape index (κ2) is 7.99. The minimum atomic E-state index is 0.00208. The van der Waals surface area contributed by atoms with Crippen molar-refractivity contribution in [2.75, 3.05) is 26.2 Å². The maximum Gasteiger partial charge on any atom is 0.0702 e. The lowest BCUT2D eigenvalue weighted by atomic mass is 10.0. The highest BCUT2D eigenvalue weighted by molar-refractivity contribution is 6.31. The molecule has 112 valence electrons. The minimum Gasteiger partial charge on any atom is -0.377 e. The lowest BCUT2D eigenvalue weighted by Crippen LogP contribution is -2.34. The van der Waals surface area contributed by atoms with Gasteiger partial charge >= 0.3 is 0 Å². The summed E-state index contributed by atoms with van der Waals surface area (Å²) in [5.74, 6) is 0. The first-order valence-electron chi connectivity index (χ1n) is 7.54. The number of nitrogens with two attached hydrogens (primary N) is 1. The van der Waals surface area contributed by atoms with Crippen molar-refractivity contribution in [1.29, 1.82) is 0 Å². The third-order valence-electron chi connectivity index (χ3n) is 3.99. The molecule has 0 bridgehead atoms. The molecular weight excluding hydrogens is 272 g/mol. The topological polar surface area (TPSA) is 38.5 Å². The summed E-state index contributed by atoms with van der Waals surface area (Å²) in [7, 11) is 0. The molecule has 1 fully saturated rings. The molecule has 2 unspecified atom stereocenters. The third-order valence-corrected chi connectivity index (χ3v) is 4.34. The number of hydrogen-bond donors (Lipinski definition) is 1. The SMILES string of the molecule is CCN(CCC(N)c1ccccc1Cl)CC1CCCO1. The molecule has 0 amide bonds. The molecule has 1 aliphatic rings. The van der Waals surface area contributed by atoms with Gasteiger partial charge in [0.1, 0.15) is 0 Å². The molecule has 0 spiro atoms. The molecule has 3 nitrogen and oxygen atoms in total. The fourth-order valence-corrected chi connectivity index (χ4v) is 2.98. The van der Waals surface area contributed by atoms with Crippen molar-refractivity contribution in [3.8, 4) is 0 Å². The zero-order chi connectivity index (χ0) is 14.4. The lowest BCUT2D eigenvalue weighted by Gasteiger charge is -2.25. The maximum absolute atomic E-state index is 6.26. The smallest absolute Gasteiger partial charge is 0.0702 e. The largest absolute Gasteiger partial charge is 0.377 e. The molecule has 1 aliphatic heterocycles. The molecule has 2 atom stereocenters. The van der Waals surface area contributed by atoms with E-state index in [-0.39, 0.29) is 6.04 Å². The average molecular weight is 297 g/mol. The molecule has 1 aromatic carbocycles. The van der Waals surface area contributed by atoms with Gasteiger partial charge in [0.2, 0.25) is 0 Å². The predicted octanol–water partition coefficient (Wildman–Crippen LogP) is 3.23. The number of nitrogens with zero attached hydrogens (tertiary/aromatic N) is 1. The van der Waals surface area contributed by atoms with Crippen LogP contribution in [-0.2, 0) is 4.74 Å². The van der Waals surface area contributed by atoms with Crippen LogP contribution in [0, 0.1) is 0 Å². The molecule has 0 saturated carbocycles. The van der Waals surface area contributed by atoms with Gasteiger partial charge in [-0.15, -0.1) is 0 Å². The maximum atomic E-state index is 6.26. The van der Waals surface area contributed by atoms with Crippen LogP contribution in [0.5, 0.6) is 0 Å². The Morgan fingerprint density at radius 3 is 2.90 bits per heavy atom. The van der Waals surface area contributed by atoms with E-state index in [1.54, 1.807) is 0 Å². The Balaban J connectivity index is 1.81. The van der Waals surface area contributed by atoms with E-state index < -0.39 is 0 Å². The zero-order valence-electron chi connectivity index (χ0n) is 12.2. The van der Waals surface area contributed by atoms with E-state index in [2.05, 4.69) is 11.8 Å². The summed E-state index contributed by atoms with van der Waals surface area (Å²) in [6.45, 7) is 6.15. The fraction of sp³-hybridized carbons (Fsp3) is 0.625. The van der Waals surface area contributed by atoms with Gasteiger partial charge in [0.05, 0.1) is 6.10 Å². The Morgan fingerprint density at radius 1 is 1.45 bits per heavy atom. The number of hydrogen-bond acceptors (Lipinski definition) is 3. The monoisotopic (exact) mass is 296 g/mol. The second-order valence-corrected chi connectivity index (χ2v) is 5.85. The number of benzene rings is 1. The van der Waals surface area contributed by atoms with Crippen LogP contribution in [-0.4, -0.2) is 37.2 Å². The van der Waals surface area contributed by atoms with Gasteiger partial charge in [-0.25, -0.2) is 0 Å². The van der Waals surface area contributed by atoms with Gasteiger partial charge < -0.3 is 15.4 Å². The summed E-state index contributed by atoms with van der Waals surface area (Å²) < 4.78 is 5.70. The number of ether oxygens (including phenoxy) is 1. The van der Waals surface area contributed by atoms with Gasteiger partial charge in [-0.05, 0) is 37.4 Å². The van der Waals surface area contributed by atoms with Gasteiger partial charge in [-0.3, -0.25) is 0 Å². The van der Waals surface area contributed by atoms with Crippen molar-refractivity contribution in [3.63, 3.8) is 0 Å². The minimum absolute atomic E-state index is 0.00208. The number of rotatable bonds is 7. The molecule has 4 heteroatoms. The Hall–Kier alpha value is -0.610. The molecule has 2 N–H and O–H groups in total. The van der Waals surface area contributed by atoms with Crippen LogP contribution < -0.4 is 5.73 Å². The first kappa shape index (κ1) is 15.8. The third kappa shape index (κ3) is 4.45. The summed E-state index contributed by atoms with van der Waals surface area (Å²) in [4.78, 5) is 2.42. The number of halogens is 1. The fourth-order valence-electron chi connectivity index (χ4n) is 2.71. The predicted molar refractivity (Wildman–Crippen MR) is 84.1 cm³/mol. The zero-order valence-corrected chi connectivity index (χ0v) is 13.0. The molecular formula is C16H25ClN2O. The van der Waals surface area contributed by atoms with Crippen LogP contribution in [0.1, 0.15) is 37.8 Å². The van der Waals surface area contributed by atoms with E-state index in [0.29, 0.717) is 6.10 Å². The van der Waals surface area contributed by atoms with Gasteiger partial charge in [-0.1, -0.05) is 36.7 Å². The highest BCUT2D eigenvalue weighted by Crippen LogP contribution is 2.23. The van der Waals surface area contributed by atoms with E-state index in [1.165, 1.54) is 12.8 Å². The standard InChI is InChI=1S/C16H25ClN2O/c1-2-19(12-13-6-5-11-20-13)10-9-16(18)14-7-3-4-8-15(14)17/h3-4,7-8,13,16H,2,5-6,9-12,18H2,1H3. The molecule has 20 heavy (non-hydrogen) atoms. The molecule has 1 heterocycles. The van der Waals surface area contributed by atoms with Crippen LogP contribution in [0.4, 0.5) is 0 Å². The summed E-state index contributed by atoms with van der Waals surface area (Å²) in [5, 5.41) is 0.766. The van der Waals surface area contributed by atoms with E-state index in [4.69, 9.17) is 22.1 Å². The van der Waals surface area contributed by atoms with E-state index >= 15 is 0 Å². The van der Waals surface area contributed by atoms with Crippen LogP contribution in [0.25, 0.3) is 0 Å². The van der Waals surface area contributed by atoms with Crippen LogP contribution in [0.3, 0.4) is 0 Å². The normalized spacial score (nSPS) is 20.5.